The molecule has 0 spiro atoms. The first-order chi connectivity index (χ1) is 8.11. The number of ketones is 1. The van der Waals surface area contributed by atoms with Gasteiger partial charge in [-0.2, -0.15) is 0 Å². The van der Waals surface area contributed by atoms with Gasteiger partial charge in [0.1, 0.15) is 5.78 Å². The Morgan fingerprint density at radius 3 is 2.06 bits per heavy atom. The van der Waals surface area contributed by atoms with Crippen LogP contribution in [0.1, 0.15) is 59.3 Å². The van der Waals surface area contributed by atoms with Crippen LogP contribution in [0.4, 0.5) is 0 Å². The summed E-state index contributed by atoms with van der Waals surface area (Å²) in [5.41, 5.74) is 0. The molecule has 0 aromatic carbocycles. The number of hydrogen-bond acceptors (Lipinski definition) is 3. The average Bonchev–Trinajstić information content (AvgIpc) is 2.62. The summed E-state index contributed by atoms with van der Waals surface area (Å²) >= 11 is 0. The molecule has 1 rings (SSSR count). The summed E-state index contributed by atoms with van der Waals surface area (Å²) in [4.78, 5) is 34.4. The van der Waals surface area contributed by atoms with E-state index in [4.69, 9.17) is 0 Å². The Balaban J connectivity index is 0.00000121. The van der Waals surface area contributed by atoms with Crippen LogP contribution < -0.4 is 0 Å². The van der Waals surface area contributed by atoms with Crippen LogP contribution in [-0.4, -0.2) is 29.0 Å². The zero-order valence-electron chi connectivity index (χ0n) is 11.1. The third kappa shape index (κ3) is 6.19. The van der Waals surface area contributed by atoms with Crippen molar-refractivity contribution in [2.24, 2.45) is 0 Å². The van der Waals surface area contributed by atoms with Crippen molar-refractivity contribution >= 4 is 17.6 Å². The van der Waals surface area contributed by atoms with Crippen molar-refractivity contribution in [3.8, 4) is 0 Å². The van der Waals surface area contributed by atoms with E-state index in [1.54, 1.807) is 6.92 Å². The van der Waals surface area contributed by atoms with Gasteiger partial charge in [-0.25, -0.2) is 0 Å². The van der Waals surface area contributed by atoms with Crippen molar-refractivity contribution in [3.63, 3.8) is 0 Å². The normalized spacial score (nSPS) is 14.6. The van der Waals surface area contributed by atoms with Gasteiger partial charge in [0.05, 0.1) is 0 Å². The summed E-state index contributed by atoms with van der Waals surface area (Å²) in [5.74, 6) is 0.0986. The molecule has 4 nitrogen and oxygen atoms in total. The van der Waals surface area contributed by atoms with E-state index in [1.807, 2.05) is 13.8 Å². The van der Waals surface area contributed by atoms with Crippen LogP contribution in [0, 0.1) is 0 Å². The number of imide groups is 1. The highest BCUT2D eigenvalue weighted by Gasteiger charge is 2.27. The summed E-state index contributed by atoms with van der Waals surface area (Å²) in [6.45, 7) is 6.10. The number of rotatable bonds is 6. The van der Waals surface area contributed by atoms with Crippen molar-refractivity contribution in [2.75, 3.05) is 6.54 Å². The lowest BCUT2D eigenvalue weighted by Gasteiger charge is -2.12. The Morgan fingerprint density at radius 1 is 1.06 bits per heavy atom. The zero-order valence-corrected chi connectivity index (χ0v) is 11.1. The Labute approximate surface area is 103 Å². The lowest BCUT2D eigenvalue weighted by molar-refractivity contribution is -0.138. The van der Waals surface area contributed by atoms with Crippen LogP contribution in [0.2, 0.25) is 0 Å². The predicted octanol–water partition coefficient (Wildman–Crippen LogP) is 2.31. The number of unbranched alkanes of at least 4 members (excludes halogenated alkanes) is 2. The van der Waals surface area contributed by atoms with Crippen molar-refractivity contribution in [3.05, 3.63) is 0 Å². The maximum Gasteiger partial charge on any atom is 0.229 e. The van der Waals surface area contributed by atoms with Crippen LogP contribution in [0.15, 0.2) is 0 Å². The molecule has 1 aliphatic heterocycles. The molecule has 1 aliphatic rings. The summed E-state index contributed by atoms with van der Waals surface area (Å²) in [6.07, 6.45) is 3.90. The first-order valence-corrected chi connectivity index (χ1v) is 6.44. The lowest BCUT2D eigenvalue weighted by atomic mass is 10.1. The van der Waals surface area contributed by atoms with E-state index in [2.05, 4.69) is 0 Å². The van der Waals surface area contributed by atoms with Crippen LogP contribution in [0.3, 0.4) is 0 Å². The molecule has 2 amide bonds. The van der Waals surface area contributed by atoms with Gasteiger partial charge in [-0.3, -0.25) is 14.5 Å². The van der Waals surface area contributed by atoms with Crippen molar-refractivity contribution in [1.29, 1.82) is 0 Å². The minimum atomic E-state index is -0.0495. The van der Waals surface area contributed by atoms with E-state index in [9.17, 15) is 14.4 Å². The van der Waals surface area contributed by atoms with Crippen molar-refractivity contribution in [1.82, 2.24) is 4.90 Å². The van der Waals surface area contributed by atoms with Gasteiger partial charge in [0, 0.05) is 25.8 Å². The van der Waals surface area contributed by atoms with Crippen LogP contribution in [0.5, 0.6) is 0 Å². The third-order valence-corrected chi connectivity index (χ3v) is 2.57. The van der Waals surface area contributed by atoms with Crippen LogP contribution in [-0.2, 0) is 14.4 Å². The monoisotopic (exact) mass is 241 g/mol. The van der Waals surface area contributed by atoms with Crippen molar-refractivity contribution in [2.45, 2.75) is 59.3 Å². The van der Waals surface area contributed by atoms with Gasteiger partial charge in [0.2, 0.25) is 11.8 Å². The summed E-state index contributed by atoms with van der Waals surface area (Å²) in [7, 11) is 0. The fourth-order valence-corrected chi connectivity index (χ4v) is 1.69. The third-order valence-electron chi connectivity index (χ3n) is 2.57. The van der Waals surface area contributed by atoms with Crippen LogP contribution >= 0.6 is 0 Å². The van der Waals surface area contributed by atoms with Crippen molar-refractivity contribution < 1.29 is 14.4 Å². The smallest absolute Gasteiger partial charge is 0.229 e. The SMILES string of the molecule is CC.CC(=O)CCCCCN1C(=O)CCC1=O. The number of nitrogens with zero attached hydrogens (tertiary/aromatic N) is 1. The molecule has 0 saturated carbocycles. The fraction of sp³-hybridized carbons (Fsp3) is 0.769. The summed E-state index contributed by atoms with van der Waals surface area (Å²) in [6, 6.07) is 0. The molecule has 0 bridgehead atoms. The first-order valence-electron chi connectivity index (χ1n) is 6.44. The second-order valence-corrected chi connectivity index (χ2v) is 3.95. The maximum absolute atomic E-state index is 11.2. The van der Waals surface area contributed by atoms with E-state index in [0.29, 0.717) is 25.8 Å². The van der Waals surface area contributed by atoms with Gasteiger partial charge in [-0.1, -0.05) is 20.3 Å². The molecular formula is C13H23NO3. The topological polar surface area (TPSA) is 54.5 Å². The largest absolute Gasteiger partial charge is 0.300 e. The summed E-state index contributed by atoms with van der Waals surface area (Å²) in [5, 5.41) is 0. The van der Waals surface area contributed by atoms with Gasteiger partial charge in [-0.05, 0) is 19.8 Å². The molecule has 0 aliphatic carbocycles. The number of amides is 2. The van der Waals surface area contributed by atoms with E-state index >= 15 is 0 Å². The molecule has 17 heavy (non-hydrogen) atoms. The molecule has 1 fully saturated rings. The van der Waals surface area contributed by atoms with Gasteiger partial charge < -0.3 is 4.79 Å². The van der Waals surface area contributed by atoms with Gasteiger partial charge in [-0.15, -0.1) is 0 Å². The Bertz CT molecular complexity index is 258. The highest BCUT2D eigenvalue weighted by Crippen LogP contribution is 2.13. The minimum absolute atomic E-state index is 0.0495. The fourth-order valence-electron chi connectivity index (χ4n) is 1.69. The van der Waals surface area contributed by atoms with E-state index in [-0.39, 0.29) is 17.6 Å². The number of hydrogen-bond donors (Lipinski definition) is 0. The molecule has 4 heteroatoms. The number of carbonyl (C=O) groups excluding carboxylic acids is 3. The second-order valence-electron chi connectivity index (χ2n) is 3.95. The molecule has 0 unspecified atom stereocenters. The Kier molecular flexibility index (Phi) is 8.28. The van der Waals surface area contributed by atoms with E-state index < -0.39 is 0 Å². The highest BCUT2D eigenvalue weighted by atomic mass is 16.2. The molecule has 0 radical (unpaired) electrons. The predicted molar refractivity (Wildman–Crippen MR) is 66.5 cm³/mol. The average molecular weight is 241 g/mol. The highest BCUT2D eigenvalue weighted by molar-refractivity contribution is 6.01. The molecule has 98 valence electrons. The molecule has 1 saturated heterocycles. The maximum atomic E-state index is 11.2. The number of likely N-dealkylation sites (tertiary alicyclic amines) is 1. The minimum Gasteiger partial charge on any atom is -0.300 e. The quantitative estimate of drug-likeness (QED) is 0.529. The molecule has 0 N–H and O–H groups in total. The van der Waals surface area contributed by atoms with Gasteiger partial charge in [0.25, 0.3) is 0 Å². The molecule has 0 aromatic heterocycles. The Hall–Kier alpha value is -1.19. The zero-order chi connectivity index (χ0) is 13.3. The molecular weight excluding hydrogens is 218 g/mol. The molecule has 0 atom stereocenters. The van der Waals surface area contributed by atoms with E-state index in [0.717, 1.165) is 19.3 Å². The van der Waals surface area contributed by atoms with Gasteiger partial charge in [0.15, 0.2) is 0 Å². The lowest BCUT2D eigenvalue weighted by Crippen LogP contribution is -2.29. The molecule has 0 aromatic rings. The van der Waals surface area contributed by atoms with Gasteiger partial charge >= 0.3 is 0 Å². The first kappa shape index (κ1) is 15.8. The number of Topliss-reactive ketones (excluding diaryl/α,β-unsaturated/α-hetero) is 1. The Morgan fingerprint density at radius 2 is 1.59 bits per heavy atom. The summed E-state index contributed by atoms with van der Waals surface area (Å²) < 4.78 is 0. The number of carbonyl (C=O) groups is 3. The second kappa shape index (κ2) is 8.90. The van der Waals surface area contributed by atoms with Crippen LogP contribution in [0.25, 0.3) is 0 Å². The van der Waals surface area contributed by atoms with E-state index in [1.165, 1.54) is 4.90 Å². The molecule has 1 heterocycles. The standard InChI is InChI=1S/C11H17NO3.C2H6/c1-9(13)5-3-2-4-8-12-10(14)6-7-11(12)15;1-2/h2-8H2,1H3;1-2H3.